The molecule has 2 aromatic carbocycles. The normalized spacial score (nSPS) is 19.9. The smallest absolute Gasteiger partial charge is 0.481 e. The SMILES string of the molecule is CC1=NO[C@@]2(CC[C@H](C)N3C[C@H]2n2cc(C(=O)NCc4ccc(F)cc4F)c(=O)c(OCOC(=O)CC(C)(C)Cc4c(CC(=O)O)cc(C)cc4OP(=O)(O)O)c2C3=O)C1. The second-order valence-corrected chi connectivity index (χ2v) is 17.4. The van der Waals surface area contributed by atoms with Gasteiger partial charge in [0.1, 0.15) is 22.9 Å². The van der Waals surface area contributed by atoms with Gasteiger partial charge in [-0.1, -0.05) is 31.1 Å². The van der Waals surface area contributed by atoms with Gasteiger partial charge in [0.05, 0.1) is 24.6 Å². The number of halogens is 2. The summed E-state index contributed by atoms with van der Waals surface area (Å²) >= 11 is 0. The Balaban J connectivity index is 1.29. The Morgan fingerprint density at radius 3 is 2.50 bits per heavy atom. The van der Waals surface area contributed by atoms with Gasteiger partial charge < -0.3 is 38.7 Å². The van der Waals surface area contributed by atoms with Crippen molar-refractivity contribution in [3.8, 4) is 11.5 Å². The monoisotopic (exact) mass is 858 g/mol. The highest BCUT2D eigenvalue weighted by atomic mass is 31.2. The number of ether oxygens (including phenoxy) is 2. The Bertz CT molecular complexity index is 2400. The third-order valence-electron chi connectivity index (χ3n) is 10.8. The zero-order valence-electron chi connectivity index (χ0n) is 33.5. The number of amides is 2. The lowest BCUT2D eigenvalue weighted by Gasteiger charge is -2.42. The molecule has 0 radical (unpaired) electrons. The van der Waals surface area contributed by atoms with E-state index in [2.05, 4.69) is 10.5 Å². The highest BCUT2D eigenvalue weighted by molar-refractivity contribution is 7.46. The van der Waals surface area contributed by atoms with Gasteiger partial charge in [-0.25, -0.2) is 13.3 Å². The van der Waals surface area contributed by atoms with Crippen molar-refractivity contribution in [3.63, 3.8) is 0 Å². The molecule has 3 aliphatic heterocycles. The maximum atomic E-state index is 14.5. The lowest BCUT2D eigenvalue weighted by atomic mass is 9.80. The molecule has 17 nitrogen and oxygen atoms in total. The fourth-order valence-electron chi connectivity index (χ4n) is 8.07. The summed E-state index contributed by atoms with van der Waals surface area (Å²) in [6.07, 6.45) is 1.66. The number of hydrogen-bond acceptors (Lipinski definition) is 11. The zero-order chi connectivity index (χ0) is 43.9. The van der Waals surface area contributed by atoms with Gasteiger partial charge in [-0.15, -0.1) is 0 Å². The lowest BCUT2D eigenvalue weighted by Crippen LogP contribution is -2.52. The van der Waals surface area contributed by atoms with E-state index in [-0.39, 0.29) is 53.6 Å². The van der Waals surface area contributed by atoms with E-state index in [4.69, 9.17) is 18.8 Å². The summed E-state index contributed by atoms with van der Waals surface area (Å²) in [7, 11) is -5.07. The van der Waals surface area contributed by atoms with Gasteiger partial charge >= 0.3 is 19.8 Å². The number of pyridine rings is 1. The first-order chi connectivity index (χ1) is 28.1. The van der Waals surface area contributed by atoms with E-state index >= 15 is 0 Å². The van der Waals surface area contributed by atoms with Gasteiger partial charge in [0.25, 0.3) is 11.8 Å². The maximum absolute atomic E-state index is 14.5. The minimum absolute atomic E-state index is 0.0605. The van der Waals surface area contributed by atoms with E-state index in [1.165, 1.54) is 22.9 Å². The number of carboxylic acids is 1. The molecular weight excluding hydrogens is 813 g/mol. The molecule has 322 valence electrons. The van der Waals surface area contributed by atoms with Crippen molar-refractivity contribution >= 4 is 37.3 Å². The number of aliphatic carboxylic acids is 1. The van der Waals surface area contributed by atoms with E-state index in [0.29, 0.717) is 36.6 Å². The molecule has 4 heterocycles. The molecule has 1 aromatic heterocycles. The van der Waals surface area contributed by atoms with Gasteiger partial charge in [0, 0.05) is 43.4 Å². The van der Waals surface area contributed by atoms with Crippen LogP contribution in [-0.4, -0.2) is 78.8 Å². The fraction of sp³-hybridized carbons (Fsp3) is 0.450. The molecule has 20 heteroatoms. The van der Waals surface area contributed by atoms with Crippen LogP contribution in [0.4, 0.5) is 8.78 Å². The predicted octanol–water partition coefficient (Wildman–Crippen LogP) is 4.72. The molecule has 4 N–H and O–H groups in total. The molecule has 3 aromatic rings. The van der Waals surface area contributed by atoms with Crippen LogP contribution in [0.25, 0.3) is 0 Å². The van der Waals surface area contributed by atoms with Crippen LogP contribution in [-0.2, 0) is 43.1 Å². The van der Waals surface area contributed by atoms with Crippen LogP contribution in [0, 0.1) is 24.0 Å². The molecule has 0 unspecified atom stereocenters. The van der Waals surface area contributed by atoms with Crippen molar-refractivity contribution in [2.24, 2.45) is 10.6 Å². The van der Waals surface area contributed by atoms with Crippen molar-refractivity contribution < 1.29 is 66.3 Å². The van der Waals surface area contributed by atoms with Crippen LogP contribution in [0.15, 0.2) is 46.5 Å². The van der Waals surface area contributed by atoms with E-state index in [9.17, 15) is 52.2 Å². The zero-order valence-corrected chi connectivity index (χ0v) is 34.3. The number of benzene rings is 2. The molecule has 3 atom stereocenters. The van der Waals surface area contributed by atoms with Crippen molar-refractivity contribution in [3.05, 3.63) is 91.9 Å². The number of fused-ring (bicyclic) bond motifs is 5. The van der Waals surface area contributed by atoms with Gasteiger partial charge in [0.2, 0.25) is 18.0 Å². The predicted molar refractivity (Wildman–Crippen MR) is 207 cm³/mol. The third kappa shape index (κ3) is 9.53. The van der Waals surface area contributed by atoms with Crippen LogP contribution in [0.3, 0.4) is 0 Å². The van der Waals surface area contributed by atoms with E-state index in [1.54, 1.807) is 32.6 Å². The van der Waals surface area contributed by atoms with Crippen molar-refractivity contribution in [2.45, 2.75) is 97.4 Å². The van der Waals surface area contributed by atoms with Gasteiger partial charge in [-0.05, 0) is 74.3 Å². The number of carboxylic acid groups (broad SMARTS) is 1. The Morgan fingerprint density at radius 1 is 1.12 bits per heavy atom. The van der Waals surface area contributed by atoms with Crippen LogP contribution >= 0.6 is 7.82 Å². The molecule has 2 amide bonds. The lowest BCUT2D eigenvalue weighted by molar-refractivity contribution is -0.152. The Morgan fingerprint density at radius 2 is 1.85 bits per heavy atom. The van der Waals surface area contributed by atoms with Crippen molar-refractivity contribution in [1.82, 2.24) is 14.8 Å². The van der Waals surface area contributed by atoms with Gasteiger partial charge in [-0.2, -0.15) is 0 Å². The first-order valence-corrected chi connectivity index (χ1v) is 20.5. The van der Waals surface area contributed by atoms with E-state index in [0.717, 1.165) is 12.1 Å². The number of nitrogens with zero attached hydrogens (tertiary/aromatic N) is 3. The topological polar surface area (TPSA) is 233 Å². The minimum atomic E-state index is -5.07. The fourth-order valence-corrected chi connectivity index (χ4v) is 8.48. The quantitative estimate of drug-likeness (QED) is 0.0978. The number of phosphoric acid groups is 1. The number of esters is 1. The number of aryl methyl sites for hydroxylation is 1. The van der Waals surface area contributed by atoms with Crippen LogP contribution in [0.2, 0.25) is 0 Å². The number of aromatic nitrogens is 1. The standard InChI is InChI=1S/C40H45F2N4O13P/c1-21-10-25(12-32(47)48)27(30(11-21)58-60(53,54)55)15-39(4,5)16-33(49)56-20-57-36-34-38(52)45-19-31(40(9-8-23(45)3)14-22(2)44-59-40)46(34)18-28(35(36)50)37(51)43-17-24-6-7-26(41)13-29(24)42/h6-7,10-11,13,18,23,31H,8-9,12,14-17,19-20H2,1-5H3,(H,43,51)(H,47,48)(H2,53,54,55)/t23-,31+,40-/m0/s1. The van der Waals surface area contributed by atoms with Crippen molar-refractivity contribution in [1.29, 1.82) is 0 Å². The number of carbonyl (C=O) groups excluding carboxylic acids is 3. The minimum Gasteiger partial charge on any atom is -0.481 e. The van der Waals surface area contributed by atoms with E-state index < -0.39 is 96.8 Å². The largest absolute Gasteiger partial charge is 0.524 e. The molecule has 0 saturated carbocycles. The first kappa shape index (κ1) is 43.9. The number of phosphoric ester groups is 1. The van der Waals surface area contributed by atoms with Gasteiger partial charge in [0.15, 0.2) is 11.3 Å². The molecule has 60 heavy (non-hydrogen) atoms. The van der Waals surface area contributed by atoms with Crippen LogP contribution in [0.5, 0.6) is 11.5 Å². The highest BCUT2D eigenvalue weighted by Gasteiger charge is 2.54. The second-order valence-electron chi connectivity index (χ2n) is 16.2. The summed E-state index contributed by atoms with van der Waals surface area (Å²) in [5, 5.41) is 16.2. The highest BCUT2D eigenvalue weighted by Crippen LogP contribution is 2.47. The summed E-state index contributed by atoms with van der Waals surface area (Å²) in [6, 6.07) is 4.72. The third-order valence-corrected chi connectivity index (χ3v) is 11.3. The Hall–Kier alpha value is -5.65. The molecule has 0 aliphatic carbocycles. The summed E-state index contributed by atoms with van der Waals surface area (Å²) in [6.45, 7) is 7.33. The maximum Gasteiger partial charge on any atom is 0.524 e. The summed E-state index contributed by atoms with van der Waals surface area (Å²) in [5.41, 5.74) is -2.26. The summed E-state index contributed by atoms with van der Waals surface area (Å²) < 4.78 is 57.4. The Kier molecular flexibility index (Phi) is 12.3. The van der Waals surface area contributed by atoms with Crippen molar-refractivity contribution in [2.75, 3.05) is 13.3 Å². The molecule has 6 rings (SSSR count). The Labute approximate surface area is 342 Å². The molecule has 1 spiro atoms. The molecule has 2 bridgehead atoms. The first-order valence-electron chi connectivity index (χ1n) is 19.0. The number of rotatable bonds is 14. The molecular formula is C40H45F2N4O13P. The molecule has 1 fully saturated rings. The number of carbonyl (C=O) groups is 4. The summed E-state index contributed by atoms with van der Waals surface area (Å²) in [4.78, 5) is 93.9. The number of hydrogen-bond donors (Lipinski definition) is 4. The number of nitrogens with one attached hydrogen (secondary N) is 1. The van der Waals surface area contributed by atoms with Crippen LogP contribution < -0.4 is 20.0 Å². The van der Waals surface area contributed by atoms with Crippen LogP contribution in [0.1, 0.15) is 103 Å². The van der Waals surface area contributed by atoms with E-state index in [1.807, 2.05) is 6.92 Å². The summed E-state index contributed by atoms with van der Waals surface area (Å²) in [5.74, 6) is -6.21. The van der Waals surface area contributed by atoms with Gasteiger partial charge in [-0.3, -0.25) is 33.8 Å². The molecule has 3 aliphatic rings. The molecule has 1 saturated heterocycles. The number of oxime groups is 1. The average molecular weight is 859 g/mol. The second kappa shape index (κ2) is 16.8. The average Bonchev–Trinajstić information content (AvgIpc) is 3.46.